The molecule has 1 aromatic carbocycles. The molecular formula is C14H19N3O2. The molecular weight excluding hydrogens is 242 g/mol. The van der Waals surface area contributed by atoms with Crippen molar-refractivity contribution in [1.82, 2.24) is 15.1 Å². The van der Waals surface area contributed by atoms with Gasteiger partial charge in [0.1, 0.15) is 0 Å². The summed E-state index contributed by atoms with van der Waals surface area (Å²) in [6, 6.07) is 7.86. The molecule has 0 aliphatic heterocycles. The van der Waals surface area contributed by atoms with Gasteiger partial charge >= 0.3 is 0 Å². The maximum atomic E-state index is 5.39. The summed E-state index contributed by atoms with van der Waals surface area (Å²) in [5.41, 5.74) is 2.09. The Kier molecular flexibility index (Phi) is 4.41. The van der Waals surface area contributed by atoms with E-state index in [4.69, 9.17) is 9.47 Å². The number of ether oxygens (including phenoxy) is 2. The van der Waals surface area contributed by atoms with E-state index in [0.29, 0.717) is 6.54 Å². The average molecular weight is 261 g/mol. The van der Waals surface area contributed by atoms with E-state index in [9.17, 15) is 0 Å². The second kappa shape index (κ2) is 6.24. The Morgan fingerprint density at radius 2 is 2.00 bits per heavy atom. The van der Waals surface area contributed by atoms with Gasteiger partial charge in [-0.2, -0.15) is 5.10 Å². The molecule has 0 aliphatic carbocycles. The SMILES string of the molecule is COc1cccc(CNCc2ccn(C)n2)c1OC. The van der Waals surface area contributed by atoms with Gasteiger partial charge in [0.05, 0.1) is 19.9 Å². The van der Waals surface area contributed by atoms with Gasteiger partial charge in [0, 0.05) is 31.9 Å². The van der Waals surface area contributed by atoms with Crippen LogP contribution < -0.4 is 14.8 Å². The molecule has 5 heteroatoms. The van der Waals surface area contributed by atoms with Crippen molar-refractivity contribution in [3.63, 3.8) is 0 Å². The topological polar surface area (TPSA) is 48.3 Å². The zero-order chi connectivity index (χ0) is 13.7. The number of methoxy groups -OCH3 is 2. The third-order valence-electron chi connectivity index (χ3n) is 2.87. The highest BCUT2D eigenvalue weighted by Gasteiger charge is 2.08. The highest BCUT2D eigenvalue weighted by atomic mass is 16.5. The van der Waals surface area contributed by atoms with Gasteiger partial charge in [-0.05, 0) is 12.1 Å². The second-order valence-electron chi connectivity index (χ2n) is 4.24. The lowest BCUT2D eigenvalue weighted by molar-refractivity contribution is 0.350. The van der Waals surface area contributed by atoms with E-state index in [-0.39, 0.29) is 0 Å². The van der Waals surface area contributed by atoms with Gasteiger partial charge in [-0.15, -0.1) is 0 Å². The van der Waals surface area contributed by atoms with Gasteiger partial charge in [-0.1, -0.05) is 12.1 Å². The molecule has 0 atom stereocenters. The molecule has 0 fully saturated rings. The van der Waals surface area contributed by atoms with Crippen LogP contribution in [0.5, 0.6) is 11.5 Å². The molecule has 102 valence electrons. The van der Waals surface area contributed by atoms with Crippen LogP contribution in [0.1, 0.15) is 11.3 Å². The van der Waals surface area contributed by atoms with Crippen LogP contribution in [0.2, 0.25) is 0 Å². The minimum Gasteiger partial charge on any atom is -0.493 e. The highest BCUT2D eigenvalue weighted by molar-refractivity contribution is 5.46. The van der Waals surface area contributed by atoms with Crippen molar-refractivity contribution < 1.29 is 9.47 Å². The van der Waals surface area contributed by atoms with Gasteiger partial charge in [-0.25, -0.2) is 0 Å². The minimum absolute atomic E-state index is 0.705. The van der Waals surface area contributed by atoms with Crippen molar-refractivity contribution in [2.75, 3.05) is 14.2 Å². The maximum absolute atomic E-state index is 5.39. The van der Waals surface area contributed by atoms with Crippen LogP contribution in [0.3, 0.4) is 0 Å². The summed E-state index contributed by atoms with van der Waals surface area (Å²) in [4.78, 5) is 0. The first kappa shape index (κ1) is 13.4. The quantitative estimate of drug-likeness (QED) is 0.860. The molecule has 0 amide bonds. The first-order valence-electron chi connectivity index (χ1n) is 6.13. The number of benzene rings is 1. The molecule has 0 spiro atoms. The van der Waals surface area contributed by atoms with E-state index < -0.39 is 0 Å². The molecule has 19 heavy (non-hydrogen) atoms. The van der Waals surface area contributed by atoms with Gasteiger partial charge in [0.15, 0.2) is 11.5 Å². The van der Waals surface area contributed by atoms with Crippen LogP contribution in [0.4, 0.5) is 0 Å². The molecule has 0 radical (unpaired) electrons. The summed E-state index contributed by atoms with van der Waals surface area (Å²) in [6.07, 6.45) is 1.93. The largest absolute Gasteiger partial charge is 0.493 e. The lowest BCUT2D eigenvalue weighted by Crippen LogP contribution is -2.14. The van der Waals surface area contributed by atoms with Crippen LogP contribution in [-0.4, -0.2) is 24.0 Å². The molecule has 0 aliphatic rings. The summed E-state index contributed by atoms with van der Waals surface area (Å²) >= 11 is 0. The van der Waals surface area contributed by atoms with E-state index >= 15 is 0 Å². The molecule has 5 nitrogen and oxygen atoms in total. The molecule has 2 aromatic rings. The number of nitrogens with zero attached hydrogens (tertiary/aromatic N) is 2. The fourth-order valence-electron chi connectivity index (χ4n) is 1.98. The lowest BCUT2D eigenvalue weighted by atomic mass is 10.2. The van der Waals surface area contributed by atoms with Crippen LogP contribution in [0.15, 0.2) is 30.5 Å². The number of aromatic nitrogens is 2. The molecule has 0 saturated heterocycles. The van der Waals surface area contributed by atoms with E-state index in [1.54, 1.807) is 18.9 Å². The van der Waals surface area contributed by atoms with Crippen molar-refractivity contribution in [3.8, 4) is 11.5 Å². The van der Waals surface area contributed by atoms with Gasteiger partial charge in [-0.3, -0.25) is 4.68 Å². The summed E-state index contributed by atoms with van der Waals surface area (Å²) in [7, 11) is 5.21. The predicted octanol–water partition coefficient (Wildman–Crippen LogP) is 1.73. The fraction of sp³-hybridized carbons (Fsp3) is 0.357. The molecule has 1 N–H and O–H groups in total. The number of para-hydroxylation sites is 1. The lowest BCUT2D eigenvalue weighted by Gasteiger charge is -2.12. The monoisotopic (exact) mass is 261 g/mol. The smallest absolute Gasteiger partial charge is 0.165 e. The molecule has 0 bridgehead atoms. The Balaban J connectivity index is 1.99. The maximum Gasteiger partial charge on any atom is 0.165 e. The Hall–Kier alpha value is -2.01. The average Bonchev–Trinajstić information content (AvgIpc) is 2.84. The summed E-state index contributed by atoms with van der Waals surface area (Å²) in [5.74, 6) is 1.53. The van der Waals surface area contributed by atoms with Crippen molar-refractivity contribution >= 4 is 0 Å². The fourth-order valence-corrected chi connectivity index (χ4v) is 1.98. The minimum atomic E-state index is 0.705. The Morgan fingerprint density at radius 1 is 1.16 bits per heavy atom. The van der Waals surface area contributed by atoms with E-state index in [1.165, 1.54) is 0 Å². The third kappa shape index (κ3) is 3.26. The molecule has 1 aromatic heterocycles. The van der Waals surface area contributed by atoms with E-state index in [0.717, 1.165) is 29.3 Å². The van der Waals surface area contributed by atoms with Crippen LogP contribution >= 0.6 is 0 Å². The van der Waals surface area contributed by atoms with Gasteiger partial charge < -0.3 is 14.8 Å². The van der Waals surface area contributed by atoms with E-state index in [2.05, 4.69) is 10.4 Å². The van der Waals surface area contributed by atoms with Crippen LogP contribution in [0, 0.1) is 0 Å². The van der Waals surface area contributed by atoms with Crippen molar-refractivity contribution in [2.45, 2.75) is 13.1 Å². The summed E-state index contributed by atoms with van der Waals surface area (Å²) in [6.45, 7) is 1.43. The zero-order valence-electron chi connectivity index (χ0n) is 11.5. The normalized spacial score (nSPS) is 10.5. The Labute approximate surface area is 113 Å². The Bertz CT molecular complexity index is 537. The van der Waals surface area contributed by atoms with Crippen molar-refractivity contribution in [3.05, 3.63) is 41.7 Å². The summed E-state index contributed by atoms with van der Waals surface area (Å²) < 4.78 is 12.5. The van der Waals surface area contributed by atoms with Crippen LogP contribution in [0.25, 0.3) is 0 Å². The number of hydrogen-bond donors (Lipinski definition) is 1. The van der Waals surface area contributed by atoms with Crippen molar-refractivity contribution in [2.24, 2.45) is 7.05 Å². The highest BCUT2D eigenvalue weighted by Crippen LogP contribution is 2.30. The van der Waals surface area contributed by atoms with E-state index in [1.807, 2.05) is 37.5 Å². The van der Waals surface area contributed by atoms with Crippen molar-refractivity contribution in [1.29, 1.82) is 0 Å². The number of rotatable bonds is 6. The first-order chi connectivity index (χ1) is 9.24. The predicted molar refractivity (Wildman–Crippen MR) is 73.3 cm³/mol. The zero-order valence-corrected chi connectivity index (χ0v) is 11.5. The standard InChI is InChI=1S/C14H19N3O2/c1-17-8-7-12(16-17)10-15-9-11-5-4-6-13(18-2)14(11)19-3/h4-8,15H,9-10H2,1-3H3. The number of hydrogen-bond acceptors (Lipinski definition) is 4. The molecule has 1 heterocycles. The first-order valence-corrected chi connectivity index (χ1v) is 6.13. The second-order valence-corrected chi connectivity index (χ2v) is 4.24. The number of nitrogens with one attached hydrogen (secondary N) is 1. The van der Waals surface area contributed by atoms with Gasteiger partial charge in [0.25, 0.3) is 0 Å². The molecule has 0 saturated carbocycles. The molecule has 2 rings (SSSR count). The van der Waals surface area contributed by atoms with Gasteiger partial charge in [0.2, 0.25) is 0 Å². The molecule has 0 unspecified atom stereocenters. The Morgan fingerprint density at radius 3 is 2.63 bits per heavy atom. The summed E-state index contributed by atoms with van der Waals surface area (Å²) in [5, 5.41) is 7.66. The third-order valence-corrected chi connectivity index (χ3v) is 2.87. The number of aryl methyl sites for hydroxylation is 1. The van der Waals surface area contributed by atoms with Crippen LogP contribution in [-0.2, 0) is 20.1 Å².